The van der Waals surface area contributed by atoms with E-state index < -0.39 is 0 Å². The molecule has 2 rings (SSSR count). The maximum absolute atomic E-state index is 12.3. The number of thiophene rings is 1. The summed E-state index contributed by atoms with van der Waals surface area (Å²) in [5.41, 5.74) is 1.21. The van der Waals surface area contributed by atoms with Gasteiger partial charge in [-0.15, -0.1) is 11.3 Å². The highest BCUT2D eigenvalue weighted by atomic mass is 79.9. The van der Waals surface area contributed by atoms with Crippen LogP contribution in [0.4, 0.5) is 0 Å². The Bertz CT molecular complexity index is 404. The molecular weight excluding hydrogens is 298 g/mol. The van der Waals surface area contributed by atoms with E-state index in [2.05, 4.69) is 34.3 Å². The van der Waals surface area contributed by atoms with Crippen molar-refractivity contribution < 1.29 is 4.79 Å². The van der Waals surface area contributed by atoms with E-state index in [0.29, 0.717) is 11.8 Å². The van der Waals surface area contributed by atoms with Gasteiger partial charge < -0.3 is 4.90 Å². The minimum atomic E-state index is 0.252. The molecule has 1 aliphatic carbocycles. The van der Waals surface area contributed by atoms with Crippen LogP contribution in [0.15, 0.2) is 15.2 Å². The van der Waals surface area contributed by atoms with Crippen LogP contribution in [-0.2, 0) is 11.3 Å². The zero-order valence-electron chi connectivity index (χ0n) is 10.3. The lowest BCUT2D eigenvalue weighted by Crippen LogP contribution is -2.33. The van der Waals surface area contributed by atoms with E-state index in [1.165, 1.54) is 18.4 Å². The maximum Gasteiger partial charge on any atom is 0.225 e. The Balaban J connectivity index is 1.95. The van der Waals surface area contributed by atoms with Gasteiger partial charge in [0.25, 0.3) is 0 Å². The molecule has 0 saturated heterocycles. The Kier molecular flexibility index (Phi) is 4.26. The number of carbonyl (C=O) groups is 1. The smallest absolute Gasteiger partial charge is 0.225 e. The summed E-state index contributed by atoms with van der Waals surface area (Å²) < 4.78 is 1.13. The fourth-order valence-corrected chi connectivity index (χ4v) is 3.78. The van der Waals surface area contributed by atoms with Crippen LogP contribution in [0.3, 0.4) is 0 Å². The molecule has 0 bridgehead atoms. The highest BCUT2D eigenvalue weighted by Gasteiger charge is 2.31. The highest BCUT2D eigenvalue weighted by molar-refractivity contribution is 9.11. The summed E-state index contributed by atoms with van der Waals surface area (Å²) in [4.78, 5) is 14.2. The molecule has 2 nitrogen and oxygen atoms in total. The van der Waals surface area contributed by atoms with Crippen LogP contribution in [0.25, 0.3) is 0 Å². The van der Waals surface area contributed by atoms with Crippen molar-refractivity contribution in [2.75, 3.05) is 7.05 Å². The van der Waals surface area contributed by atoms with E-state index in [0.717, 1.165) is 16.8 Å². The van der Waals surface area contributed by atoms with Crippen molar-refractivity contribution in [1.29, 1.82) is 0 Å². The van der Waals surface area contributed by atoms with Crippen molar-refractivity contribution in [2.24, 2.45) is 11.8 Å². The van der Waals surface area contributed by atoms with Crippen LogP contribution in [0.5, 0.6) is 0 Å². The predicted molar refractivity (Wildman–Crippen MR) is 75.0 cm³/mol. The van der Waals surface area contributed by atoms with Crippen molar-refractivity contribution in [3.8, 4) is 0 Å². The van der Waals surface area contributed by atoms with Gasteiger partial charge in [-0.3, -0.25) is 4.79 Å². The molecule has 0 aromatic carbocycles. The van der Waals surface area contributed by atoms with E-state index in [1.807, 2.05) is 11.9 Å². The van der Waals surface area contributed by atoms with E-state index in [4.69, 9.17) is 0 Å². The van der Waals surface area contributed by atoms with Crippen LogP contribution < -0.4 is 0 Å². The average molecular weight is 316 g/mol. The Morgan fingerprint density at radius 1 is 1.59 bits per heavy atom. The van der Waals surface area contributed by atoms with Crippen LogP contribution >= 0.6 is 27.3 Å². The SMILES string of the molecule is CC1CCCC1C(=O)N(C)Cc1csc(Br)c1. The molecule has 1 aromatic rings. The Morgan fingerprint density at radius 2 is 2.35 bits per heavy atom. The Morgan fingerprint density at radius 3 is 2.88 bits per heavy atom. The van der Waals surface area contributed by atoms with Gasteiger partial charge in [0, 0.05) is 19.5 Å². The second kappa shape index (κ2) is 5.53. The molecule has 1 aromatic heterocycles. The topological polar surface area (TPSA) is 20.3 Å². The number of halogens is 1. The molecule has 4 heteroatoms. The highest BCUT2D eigenvalue weighted by Crippen LogP contribution is 2.32. The third-order valence-corrected chi connectivity index (χ3v) is 5.15. The van der Waals surface area contributed by atoms with Crippen molar-refractivity contribution in [3.05, 3.63) is 20.8 Å². The number of rotatable bonds is 3. The van der Waals surface area contributed by atoms with Crippen molar-refractivity contribution in [1.82, 2.24) is 4.90 Å². The predicted octanol–water partition coefficient (Wildman–Crippen LogP) is 3.91. The maximum atomic E-state index is 12.3. The summed E-state index contributed by atoms with van der Waals surface area (Å²) in [6, 6.07) is 2.09. The molecule has 1 heterocycles. The quantitative estimate of drug-likeness (QED) is 0.828. The van der Waals surface area contributed by atoms with Gasteiger partial charge in [0.15, 0.2) is 0 Å². The summed E-state index contributed by atoms with van der Waals surface area (Å²) in [7, 11) is 1.92. The number of amides is 1. The molecule has 1 fully saturated rings. The molecule has 0 aliphatic heterocycles. The van der Waals surface area contributed by atoms with Gasteiger partial charge in [-0.25, -0.2) is 0 Å². The lowest BCUT2D eigenvalue weighted by molar-refractivity contribution is -0.135. The summed E-state index contributed by atoms with van der Waals surface area (Å²) in [6.45, 7) is 2.93. The molecule has 1 aliphatic rings. The van der Waals surface area contributed by atoms with Crippen LogP contribution in [-0.4, -0.2) is 17.9 Å². The number of nitrogens with zero attached hydrogens (tertiary/aromatic N) is 1. The molecule has 0 radical (unpaired) electrons. The molecule has 94 valence electrons. The third kappa shape index (κ3) is 3.10. The molecule has 0 N–H and O–H groups in total. The molecule has 17 heavy (non-hydrogen) atoms. The monoisotopic (exact) mass is 315 g/mol. The number of hydrogen-bond acceptors (Lipinski definition) is 2. The van der Waals surface area contributed by atoms with Crippen LogP contribution in [0, 0.1) is 11.8 Å². The van der Waals surface area contributed by atoms with E-state index in [1.54, 1.807) is 11.3 Å². The van der Waals surface area contributed by atoms with Gasteiger partial charge in [-0.05, 0) is 51.7 Å². The zero-order valence-corrected chi connectivity index (χ0v) is 12.7. The third-order valence-electron chi connectivity index (χ3n) is 3.60. The van der Waals surface area contributed by atoms with Gasteiger partial charge in [0.1, 0.15) is 0 Å². The number of hydrogen-bond donors (Lipinski definition) is 0. The minimum absolute atomic E-state index is 0.252. The summed E-state index contributed by atoms with van der Waals surface area (Å²) >= 11 is 5.12. The largest absolute Gasteiger partial charge is 0.341 e. The second-order valence-electron chi connectivity index (χ2n) is 4.97. The number of carbonyl (C=O) groups excluding carboxylic acids is 1. The summed E-state index contributed by atoms with van der Waals surface area (Å²) in [6.07, 6.45) is 3.47. The van der Waals surface area contributed by atoms with Gasteiger partial charge in [0.2, 0.25) is 5.91 Å². The Hall–Kier alpha value is -0.350. The molecule has 0 spiro atoms. The molecule has 2 atom stereocenters. The van der Waals surface area contributed by atoms with Gasteiger partial charge in [-0.1, -0.05) is 13.3 Å². The fourth-order valence-electron chi connectivity index (χ4n) is 2.58. The van der Waals surface area contributed by atoms with E-state index in [9.17, 15) is 4.79 Å². The summed E-state index contributed by atoms with van der Waals surface area (Å²) in [5, 5.41) is 2.10. The van der Waals surface area contributed by atoms with Crippen LogP contribution in [0.2, 0.25) is 0 Å². The normalized spacial score (nSPS) is 23.9. The fraction of sp³-hybridized carbons (Fsp3) is 0.615. The minimum Gasteiger partial charge on any atom is -0.341 e. The molecular formula is C13H18BrNOS. The molecule has 2 unspecified atom stereocenters. The standard InChI is InChI=1S/C13H18BrNOS/c1-9-4-3-5-11(9)13(16)15(2)7-10-6-12(14)17-8-10/h6,8-9,11H,3-5,7H2,1-2H3. The van der Waals surface area contributed by atoms with E-state index >= 15 is 0 Å². The van der Waals surface area contributed by atoms with Crippen molar-refractivity contribution in [2.45, 2.75) is 32.7 Å². The molecule has 1 saturated carbocycles. The van der Waals surface area contributed by atoms with Crippen molar-refractivity contribution >= 4 is 33.2 Å². The summed E-state index contributed by atoms with van der Waals surface area (Å²) in [5.74, 6) is 1.12. The van der Waals surface area contributed by atoms with Gasteiger partial charge >= 0.3 is 0 Å². The van der Waals surface area contributed by atoms with Crippen LogP contribution in [0.1, 0.15) is 31.7 Å². The average Bonchev–Trinajstić information content (AvgIpc) is 2.86. The zero-order chi connectivity index (χ0) is 12.4. The van der Waals surface area contributed by atoms with E-state index in [-0.39, 0.29) is 5.92 Å². The second-order valence-corrected chi connectivity index (χ2v) is 7.26. The first kappa shape index (κ1) is 13.1. The van der Waals surface area contributed by atoms with Gasteiger partial charge in [-0.2, -0.15) is 0 Å². The van der Waals surface area contributed by atoms with Crippen molar-refractivity contribution in [3.63, 3.8) is 0 Å². The first-order valence-electron chi connectivity index (χ1n) is 6.06. The first-order valence-corrected chi connectivity index (χ1v) is 7.73. The van der Waals surface area contributed by atoms with Gasteiger partial charge in [0.05, 0.1) is 3.79 Å². The first-order chi connectivity index (χ1) is 8.08. The molecule has 1 amide bonds. The lowest BCUT2D eigenvalue weighted by Gasteiger charge is -2.23. The Labute approximate surface area is 115 Å². The lowest BCUT2D eigenvalue weighted by atomic mass is 9.96.